The van der Waals surface area contributed by atoms with Gasteiger partial charge in [0.1, 0.15) is 11.7 Å². The average molecular weight is 296 g/mol. The summed E-state index contributed by atoms with van der Waals surface area (Å²) in [4.78, 5) is 27.6. The molecule has 3 saturated heterocycles. The Morgan fingerprint density at radius 2 is 2.33 bits per heavy atom. The molecule has 21 heavy (non-hydrogen) atoms. The standard InChI is InChI=1S/C15H24N2O4/c1-20-12-10-17(11-15(12)6-3-9-21-15)14(19)5-8-16-7-2-4-13(16)18/h12H,2-11H2,1H3/t12-,15-/m0/s1. The van der Waals surface area contributed by atoms with Crippen molar-refractivity contribution in [1.29, 1.82) is 0 Å². The van der Waals surface area contributed by atoms with Crippen molar-refractivity contribution < 1.29 is 19.1 Å². The highest BCUT2D eigenvalue weighted by Crippen LogP contribution is 2.36. The van der Waals surface area contributed by atoms with Crippen molar-refractivity contribution in [2.45, 2.75) is 43.8 Å². The minimum Gasteiger partial charge on any atom is -0.377 e. The molecular weight excluding hydrogens is 272 g/mol. The monoisotopic (exact) mass is 296 g/mol. The number of carbonyl (C=O) groups excluding carboxylic acids is 2. The van der Waals surface area contributed by atoms with E-state index in [4.69, 9.17) is 9.47 Å². The van der Waals surface area contributed by atoms with Crippen LogP contribution in [0.2, 0.25) is 0 Å². The Morgan fingerprint density at radius 3 is 2.95 bits per heavy atom. The first kappa shape index (κ1) is 14.8. The third-order valence-corrected chi connectivity index (χ3v) is 4.97. The molecular formula is C15H24N2O4. The van der Waals surface area contributed by atoms with Gasteiger partial charge in [-0.05, 0) is 19.3 Å². The first-order chi connectivity index (χ1) is 10.1. The topological polar surface area (TPSA) is 59.1 Å². The Kier molecular flexibility index (Phi) is 4.17. The molecule has 0 aromatic heterocycles. The third kappa shape index (κ3) is 2.79. The summed E-state index contributed by atoms with van der Waals surface area (Å²) in [5.41, 5.74) is -0.298. The number of amides is 2. The van der Waals surface area contributed by atoms with Crippen LogP contribution in [0.3, 0.4) is 0 Å². The fourth-order valence-corrected chi connectivity index (χ4v) is 3.76. The van der Waals surface area contributed by atoms with Gasteiger partial charge in [0.05, 0.1) is 6.54 Å². The molecule has 6 heteroatoms. The minimum absolute atomic E-state index is 0.0302. The summed E-state index contributed by atoms with van der Waals surface area (Å²) in [6, 6.07) is 0. The Hall–Kier alpha value is -1.14. The molecule has 3 heterocycles. The molecule has 0 saturated carbocycles. The largest absolute Gasteiger partial charge is 0.377 e. The van der Waals surface area contributed by atoms with Crippen LogP contribution in [0.5, 0.6) is 0 Å². The van der Waals surface area contributed by atoms with Crippen molar-refractivity contribution in [2.24, 2.45) is 0 Å². The van der Waals surface area contributed by atoms with Gasteiger partial charge in [-0.2, -0.15) is 0 Å². The van der Waals surface area contributed by atoms with Crippen molar-refractivity contribution in [1.82, 2.24) is 9.80 Å². The predicted octanol–water partition coefficient (Wildman–Crippen LogP) is 0.405. The van der Waals surface area contributed by atoms with Crippen LogP contribution in [0.1, 0.15) is 32.1 Å². The summed E-state index contributed by atoms with van der Waals surface area (Å²) in [6.45, 7) is 3.31. The lowest BCUT2D eigenvalue weighted by Gasteiger charge is -2.27. The molecule has 2 atom stereocenters. The lowest BCUT2D eigenvalue weighted by atomic mass is 9.96. The van der Waals surface area contributed by atoms with Gasteiger partial charge in [-0.25, -0.2) is 0 Å². The predicted molar refractivity (Wildman–Crippen MR) is 75.7 cm³/mol. The maximum Gasteiger partial charge on any atom is 0.224 e. The Balaban J connectivity index is 1.54. The third-order valence-electron chi connectivity index (χ3n) is 4.97. The second kappa shape index (κ2) is 5.93. The normalized spacial score (nSPS) is 32.6. The fraction of sp³-hybridized carbons (Fsp3) is 0.867. The molecule has 0 aromatic carbocycles. The maximum absolute atomic E-state index is 12.4. The van der Waals surface area contributed by atoms with E-state index in [0.717, 1.165) is 32.4 Å². The first-order valence-electron chi connectivity index (χ1n) is 7.87. The van der Waals surface area contributed by atoms with E-state index in [9.17, 15) is 9.59 Å². The molecule has 3 fully saturated rings. The first-order valence-corrected chi connectivity index (χ1v) is 7.87. The van der Waals surface area contributed by atoms with Crippen molar-refractivity contribution in [3.8, 4) is 0 Å². The highest BCUT2D eigenvalue weighted by atomic mass is 16.6. The van der Waals surface area contributed by atoms with Gasteiger partial charge in [0.15, 0.2) is 0 Å². The summed E-state index contributed by atoms with van der Waals surface area (Å²) < 4.78 is 11.4. The van der Waals surface area contributed by atoms with Crippen molar-refractivity contribution >= 4 is 11.8 Å². The van der Waals surface area contributed by atoms with Gasteiger partial charge in [0.25, 0.3) is 0 Å². The molecule has 118 valence electrons. The van der Waals surface area contributed by atoms with Gasteiger partial charge in [0, 0.05) is 46.2 Å². The number of ether oxygens (including phenoxy) is 2. The summed E-state index contributed by atoms with van der Waals surface area (Å²) >= 11 is 0. The smallest absolute Gasteiger partial charge is 0.224 e. The number of likely N-dealkylation sites (tertiary alicyclic amines) is 2. The lowest BCUT2D eigenvalue weighted by molar-refractivity contribution is -0.133. The molecule has 2 amide bonds. The van der Waals surface area contributed by atoms with Crippen molar-refractivity contribution in [3.63, 3.8) is 0 Å². The second-order valence-corrected chi connectivity index (χ2v) is 6.25. The van der Waals surface area contributed by atoms with E-state index in [1.807, 2.05) is 4.90 Å². The molecule has 0 N–H and O–H groups in total. The Morgan fingerprint density at radius 1 is 1.48 bits per heavy atom. The van der Waals surface area contributed by atoms with Crippen LogP contribution in [-0.4, -0.2) is 73.2 Å². The van der Waals surface area contributed by atoms with E-state index in [0.29, 0.717) is 32.5 Å². The van der Waals surface area contributed by atoms with Gasteiger partial charge >= 0.3 is 0 Å². The van der Waals surface area contributed by atoms with Crippen LogP contribution in [0, 0.1) is 0 Å². The molecule has 3 aliphatic heterocycles. The molecule has 0 unspecified atom stereocenters. The number of hydrogen-bond donors (Lipinski definition) is 0. The maximum atomic E-state index is 12.4. The molecule has 0 aromatic rings. The zero-order valence-electron chi connectivity index (χ0n) is 12.7. The van der Waals surface area contributed by atoms with Crippen LogP contribution in [0.25, 0.3) is 0 Å². The summed E-state index contributed by atoms with van der Waals surface area (Å²) in [5.74, 6) is 0.277. The van der Waals surface area contributed by atoms with Gasteiger partial charge in [-0.15, -0.1) is 0 Å². The van der Waals surface area contributed by atoms with Crippen LogP contribution in [0.15, 0.2) is 0 Å². The SMILES string of the molecule is CO[C@H]1CN(C(=O)CCN2CCCC2=O)C[C@@]12CCCO2. The van der Waals surface area contributed by atoms with Crippen molar-refractivity contribution in [3.05, 3.63) is 0 Å². The van der Waals surface area contributed by atoms with Gasteiger partial charge < -0.3 is 19.3 Å². The van der Waals surface area contributed by atoms with E-state index in [1.165, 1.54) is 0 Å². The van der Waals surface area contributed by atoms with Crippen LogP contribution >= 0.6 is 0 Å². The molecule has 3 aliphatic rings. The van der Waals surface area contributed by atoms with Crippen molar-refractivity contribution in [2.75, 3.05) is 39.9 Å². The number of methoxy groups -OCH3 is 1. The molecule has 3 rings (SSSR count). The Labute approximate surface area is 125 Å². The average Bonchev–Trinajstić information content (AvgIpc) is 3.19. The Bertz CT molecular complexity index is 420. The number of rotatable bonds is 4. The van der Waals surface area contributed by atoms with E-state index in [1.54, 1.807) is 12.0 Å². The van der Waals surface area contributed by atoms with Gasteiger partial charge in [-0.1, -0.05) is 0 Å². The lowest BCUT2D eigenvalue weighted by Crippen LogP contribution is -2.42. The van der Waals surface area contributed by atoms with Gasteiger partial charge in [0.2, 0.25) is 11.8 Å². The van der Waals surface area contributed by atoms with E-state index >= 15 is 0 Å². The molecule has 0 bridgehead atoms. The molecule has 0 radical (unpaired) electrons. The highest BCUT2D eigenvalue weighted by Gasteiger charge is 2.51. The fourth-order valence-electron chi connectivity index (χ4n) is 3.76. The minimum atomic E-state index is -0.298. The van der Waals surface area contributed by atoms with E-state index < -0.39 is 0 Å². The highest BCUT2D eigenvalue weighted by molar-refractivity contribution is 5.80. The number of carbonyl (C=O) groups is 2. The summed E-state index contributed by atoms with van der Waals surface area (Å²) in [5, 5.41) is 0. The molecule has 1 spiro atoms. The quantitative estimate of drug-likeness (QED) is 0.754. The summed E-state index contributed by atoms with van der Waals surface area (Å²) in [6.07, 6.45) is 3.90. The number of hydrogen-bond acceptors (Lipinski definition) is 4. The molecule has 0 aliphatic carbocycles. The van der Waals surface area contributed by atoms with E-state index in [-0.39, 0.29) is 23.5 Å². The van der Waals surface area contributed by atoms with E-state index in [2.05, 4.69) is 0 Å². The zero-order chi connectivity index (χ0) is 14.9. The summed E-state index contributed by atoms with van der Waals surface area (Å²) in [7, 11) is 1.69. The van der Waals surface area contributed by atoms with Crippen LogP contribution in [-0.2, 0) is 19.1 Å². The zero-order valence-corrected chi connectivity index (χ0v) is 12.7. The number of nitrogens with zero attached hydrogens (tertiary/aromatic N) is 2. The van der Waals surface area contributed by atoms with Crippen LogP contribution in [0.4, 0.5) is 0 Å². The molecule has 6 nitrogen and oxygen atoms in total. The van der Waals surface area contributed by atoms with Crippen LogP contribution < -0.4 is 0 Å². The van der Waals surface area contributed by atoms with Gasteiger partial charge in [-0.3, -0.25) is 9.59 Å². The second-order valence-electron chi connectivity index (χ2n) is 6.25.